The molecular formula is C16H19Cl2NO3. The molecule has 1 aromatic rings. The van der Waals surface area contributed by atoms with Crippen LogP contribution in [0.15, 0.2) is 18.2 Å². The van der Waals surface area contributed by atoms with Gasteiger partial charge in [-0.1, -0.05) is 29.3 Å². The van der Waals surface area contributed by atoms with Gasteiger partial charge >= 0.3 is 5.97 Å². The predicted molar refractivity (Wildman–Crippen MR) is 86.1 cm³/mol. The van der Waals surface area contributed by atoms with Crippen molar-refractivity contribution >= 4 is 35.1 Å². The normalized spacial score (nSPS) is 21.6. The van der Waals surface area contributed by atoms with Gasteiger partial charge in [0.2, 0.25) is 5.91 Å². The lowest BCUT2D eigenvalue weighted by Crippen LogP contribution is -2.43. The van der Waals surface area contributed by atoms with Crippen LogP contribution in [0.25, 0.3) is 0 Å². The highest BCUT2D eigenvalue weighted by Gasteiger charge is 2.36. The van der Waals surface area contributed by atoms with Crippen LogP contribution in [-0.2, 0) is 15.1 Å². The quantitative estimate of drug-likeness (QED) is 0.872. The summed E-state index contributed by atoms with van der Waals surface area (Å²) in [5.74, 6) is -1.59. The zero-order valence-electron chi connectivity index (χ0n) is 12.5. The van der Waals surface area contributed by atoms with Gasteiger partial charge in [-0.2, -0.15) is 0 Å². The molecule has 1 saturated carbocycles. The Balaban J connectivity index is 2.06. The molecule has 2 atom stereocenters. The van der Waals surface area contributed by atoms with E-state index < -0.39 is 17.4 Å². The van der Waals surface area contributed by atoms with Gasteiger partial charge in [-0.15, -0.1) is 0 Å². The van der Waals surface area contributed by atoms with Crippen LogP contribution < -0.4 is 5.32 Å². The van der Waals surface area contributed by atoms with Crippen LogP contribution in [0.1, 0.15) is 38.7 Å². The minimum absolute atomic E-state index is 0.111. The van der Waals surface area contributed by atoms with Crippen molar-refractivity contribution < 1.29 is 14.7 Å². The Hall–Kier alpha value is -1.26. The number of carboxylic acids is 1. The lowest BCUT2D eigenvalue weighted by Gasteiger charge is -2.29. The second-order valence-corrected chi connectivity index (χ2v) is 7.10. The minimum Gasteiger partial charge on any atom is -0.481 e. The zero-order valence-corrected chi connectivity index (χ0v) is 14.0. The molecule has 0 unspecified atom stereocenters. The number of carbonyl (C=O) groups is 2. The van der Waals surface area contributed by atoms with Crippen molar-refractivity contribution in [3.8, 4) is 0 Å². The standard InChI is InChI=1S/C16H19Cl2NO3/c1-16(2,11-5-6-12(17)13(18)8-11)19-14(20)9-3-4-10(7-9)15(21)22/h5-6,8-10H,3-4,7H2,1-2H3,(H,19,20)(H,21,22)/t9-,10+/m1/s1. The summed E-state index contributed by atoms with van der Waals surface area (Å²) in [4.78, 5) is 23.4. The second kappa shape index (κ2) is 6.47. The number of carboxylic acid groups (broad SMARTS) is 1. The molecule has 2 rings (SSSR count). The first-order chi connectivity index (χ1) is 10.2. The Morgan fingerprint density at radius 3 is 2.36 bits per heavy atom. The predicted octanol–water partition coefficient (Wildman–Crippen LogP) is 3.85. The molecule has 0 saturated heterocycles. The first-order valence-electron chi connectivity index (χ1n) is 7.21. The number of aliphatic carboxylic acids is 1. The largest absolute Gasteiger partial charge is 0.481 e. The van der Waals surface area contributed by atoms with Gasteiger partial charge in [0, 0.05) is 5.92 Å². The van der Waals surface area contributed by atoms with Gasteiger partial charge in [0.15, 0.2) is 0 Å². The van der Waals surface area contributed by atoms with Crippen LogP contribution in [0.3, 0.4) is 0 Å². The summed E-state index contributed by atoms with van der Waals surface area (Å²) in [7, 11) is 0. The van der Waals surface area contributed by atoms with Crippen molar-refractivity contribution in [2.24, 2.45) is 11.8 Å². The molecule has 22 heavy (non-hydrogen) atoms. The summed E-state index contributed by atoms with van der Waals surface area (Å²) in [6.45, 7) is 3.77. The van der Waals surface area contributed by atoms with Crippen molar-refractivity contribution in [2.75, 3.05) is 0 Å². The fourth-order valence-corrected chi connectivity index (χ4v) is 3.11. The molecule has 0 aromatic heterocycles. The van der Waals surface area contributed by atoms with Gasteiger partial charge in [0.1, 0.15) is 0 Å². The van der Waals surface area contributed by atoms with Gasteiger partial charge in [0.25, 0.3) is 0 Å². The number of nitrogens with one attached hydrogen (secondary N) is 1. The molecule has 4 nitrogen and oxygen atoms in total. The molecule has 0 bridgehead atoms. The topological polar surface area (TPSA) is 66.4 Å². The van der Waals surface area contributed by atoms with Crippen LogP contribution in [0.2, 0.25) is 10.0 Å². The van der Waals surface area contributed by atoms with E-state index in [1.54, 1.807) is 12.1 Å². The van der Waals surface area contributed by atoms with Gasteiger partial charge in [-0.3, -0.25) is 9.59 Å². The van der Waals surface area contributed by atoms with Gasteiger partial charge in [-0.25, -0.2) is 0 Å². The summed E-state index contributed by atoms with van der Waals surface area (Å²) < 4.78 is 0. The van der Waals surface area contributed by atoms with E-state index in [4.69, 9.17) is 28.3 Å². The summed E-state index contributed by atoms with van der Waals surface area (Å²) in [6.07, 6.45) is 1.57. The Morgan fingerprint density at radius 2 is 1.82 bits per heavy atom. The van der Waals surface area contributed by atoms with E-state index in [2.05, 4.69) is 5.32 Å². The number of amides is 1. The van der Waals surface area contributed by atoms with Crippen LogP contribution in [0.5, 0.6) is 0 Å². The number of hydrogen-bond acceptors (Lipinski definition) is 2. The highest BCUT2D eigenvalue weighted by Crippen LogP contribution is 2.33. The molecule has 0 spiro atoms. The Kier molecular flexibility index (Phi) is 5.03. The van der Waals surface area contributed by atoms with Crippen LogP contribution >= 0.6 is 23.2 Å². The van der Waals surface area contributed by atoms with E-state index in [9.17, 15) is 9.59 Å². The monoisotopic (exact) mass is 343 g/mol. The minimum atomic E-state index is -0.820. The van der Waals surface area contributed by atoms with Gasteiger partial charge in [-0.05, 0) is 50.8 Å². The third-order valence-electron chi connectivity index (χ3n) is 4.23. The first-order valence-corrected chi connectivity index (χ1v) is 7.96. The molecular weight excluding hydrogens is 325 g/mol. The number of halogens is 2. The Morgan fingerprint density at radius 1 is 1.18 bits per heavy atom. The third kappa shape index (κ3) is 3.73. The fourth-order valence-electron chi connectivity index (χ4n) is 2.81. The van der Waals surface area contributed by atoms with E-state index in [1.807, 2.05) is 19.9 Å². The van der Waals surface area contributed by atoms with Crippen molar-refractivity contribution in [3.05, 3.63) is 33.8 Å². The maximum Gasteiger partial charge on any atom is 0.306 e. The zero-order chi connectivity index (χ0) is 16.5. The van der Waals surface area contributed by atoms with Crippen LogP contribution in [0.4, 0.5) is 0 Å². The lowest BCUT2D eigenvalue weighted by molar-refractivity contribution is -0.141. The van der Waals surface area contributed by atoms with Crippen molar-refractivity contribution in [1.82, 2.24) is 5.32 Å². The molecule has 6 heteroatoms. The van der Waals surface area contributed by atoms with Crippen molar-refractivity contribution in [1.29, 1.82) is 0 Å². The Labute approximate surface area is 139 Å². The number of carbonyl (C=O) groups excluding carboxylic acids is 1. The smallest absolute Gasteiger partial charge is 0.306 e. The molecule has 1 aromatic carbocycles. The molecule has 0 heterocycles. The second-order valence-electron chi connectivity index (χ2n) is 6.29. The number of benzene rings is 1. The average Bonchev–Trinajstić information content (AvgIpc) is 2.91. The van der Waals surface area contributed by atoms with E-state index >= 15 is 0 Å². The maximum atomic E-state index is 12.4. The maximum absolute atomic E-state index is 12.4. The van der Waals surface area contributed by atoms with Gasteiger partial charge in [0.05, 0.1) is 21.5 Å². The summed E-state index contributed by atoms with van der Waals surface area (Å²) in [5, 5.41) is 12.9. The Bertz CT molecular complexity index is 601. The highest BCUT2D eigenvalue weighted by atomic mass is 35.5. The molecule has 0 radical (unpaired) electrons. The molecule has 1 aliphatic carbocycles. The van der Waals surface area contributed by atoms with E-state index in [1.165, 1.54) is 0 Å². The lowest BCUT2D eigenvalue weighted by atomic mass is 9.93. The third-order valence-corrected chi connectivity index (χ3v) is 4.97. The van der Waals surface area contributed by atoms with E-state index in [0.717, 1.165) is 5.56 Å². The average molecular weight is 344 g/mol. The first kappa shape index (κ1) is 17.1. The van der Waals surface area contributed by atoms with Gasteiger partial charge < -0.3 is 10.4 Å². The molecule has 120 valence electrons. The van der Waals surface area contributed by atoms with Crippen molar-refractivity contribution in [3.63, 3.8) is 0 Å². The van der Waals surface area contributed by atoms with E-state index in [0.29, 0.717) is 29.3 Å². The molecule has 1 amide bonds. The molecule has 0 aliphatic heterocycles. The fraction of sp³-hybridized carbons (Fsp3) is 0.500. The molecule has 1 aliphatic rings. The molecule has 2 N–H and O–H groups in total. The number of hydrogen-bond donors (Lipinski definition) is 2. The van der Waals surface area contributed by atoms with Crippen LogP contribution in [0, 0.1) is 11.8 Å². The summed E-state index contributed by atoms with van der Waals surface area (Å²) in [6, 6.07) is 5.26. The molecule has 1 fully saturated rings. The SMILES string of the molecule is CC(C)(NC(=O)[C@@H]1CC[C@H](C(=O)O)C1)c1ccc(Cl)c(Cl)c1. The summed E-state index contributed by atoms with van der Waals surface area (Å²) >= 11 is 11.9. The highest BCUT2D eigenvalue weighted by molar-refractivity contribution is 6.42. The van der Waals surface area contributed by atoms with Crippen molar-refractivity contribution in [2.45, 2.75) is 38.6 Å². The van der Waals surface area contributed by atoms with Crippen LogP contribution in [-0.4, -0.2) is 17.0 Å². The summed E-state index contributed by atoms with van der Waals surface area (Å²) in [5.41, 5.74) is 0.245. The van der Waals surface area contributed by atoms with E-state index in [-0.39, 0.29) is 11.8 Å². The number of rotatable bonds is 4.